The topological polar surface area (TPSA) is 0 Å². The summed E-state index contributed by atoms with van der Waals surface area (Å²) in [5, 5.41) is 0. The molecule has 0 amide bonds. The fourth-order valence-electron chi connectivity index (χ4n) is 4.27. The van der Waals surface area contributed by atoms with Crippen molar-refractivity contribution in [2.75, 3.05) is 0 Å². The third-order valence-corrected chi connectivity index (χ3v) is 6.07. The second-order valence-corrected chi connectivity index (χ2v) is 8.36. The Morgan fingerprint density at radius 2 is 1.29 bits per heavy atom. The van der Waals surface area contributed by atoms with Gasteiger partial charge in [-0.2, -0.15) is 0 Å². The van der Waals surface area contributed by atoms with Crippen molar-refractivity contribution in [1.29, 1.82) is 0 Å². The maximum absolute atomic E-state index is 3.82. The van der Waals surface area contributed by atoms with E-state index in [1.165, 1.54) is 63.4 Å². The zero-order valence-electron chi connectivity index (χ0n) is 17.1. The van der Waals surface area contributed by atoms with Crippen LogP contribution in [-0.4, -0.2) is 0 Å². The molecule has 0 N–H and O–H groups in total. The Morgan fingerprint density at radius 3 is 1.75 bits per heavy atom. The van der Waals surface area contributed by atoms with E-state index in [0.717, 1.165) is 23.7 Å². The molecule has 0 heteroatoms. The predicted molar refractivity (Wildman–Crippen MR) is 110 cm³/mol. The Hall–Kier alpha value is -0.780. The van der Waals surface area contributed by atoms with Gasteiger partial charge in [0.25, 0.3) is 0 Å². The monoisotopic (exact) mass is 330 g/mol. The number of hydrogen-bond donors (Lipinski definition) is 0. The van der Waals surface area contributed by atoms with E-state index in [2.05, 4.69) is 53.3 Å². The molecule has 0 aromatic carbocycles. The lowest BCUT2D eigenvalue weighted by Gasteiger charge is -2.37. The molecule has 24 heavy (non-hydrogen) atoms. The van der Waals surface area contributed by atoms with E-state index in [-0.39, 0.29) is 0 Å². The number of allylic oxidation sites excluding steroid dienone is 5. The molecule has 0 heterocycles. The minimum absolute atomic E-state index is 0.831. The molecule has 0 saturated heterocycles. The van der Waals surface area contributed by atoms with Crippen molar-refractivity contribution in [3.63, 3.8) is 0 Å². The van der Waals surface area contributed by atoms with Gasteiger partial charge in [0.05, 0.1) is 0 Å². The minimum atomic E-state index is 0.831. The standard InChI is InChI=1S/C21H34.C3H8/c1-5-16(2)6-9-18(4)19-12-14-21(15-13-19)20-10-7-17(3)8-11-20;1-3-2/h5-6,9,17,19-21H,1,7-8,10-15H2,2-4H3;3H2,1-2H3/b16-6-,18-9+;. The molecule has 0 aliphatic heterocycles. The van der Waals surface area contributed by atoms with Crippen LogP contribution in [0.15, 0.2) is 36.0 Å². The van der Waals surface area contributed by atoms with E-state index >= 15 is 0 Å². The van der Waals surface area contributed by atoms with Crippen molar-refractivity contribution >= 4 is 0 Å². The molecule has 0 nitrogen and oxygen atoms in total. The van der Waals surface area contributed by atoms with Crippen molar-refractivity contribution in [2.24, 2.45) is 23.7 Å². The van der Waals surface area contributed by atoms with Gasteiger partial charge in [-0.05, 0) is 76.0 Å². The van der Waals surface area contributed by atoms with E-state index in [4.69, 9.17) is 0 Å². The van der Waals surface area contributed by atoms with Gasteiger partial charge >= 0.3 is 0 Å². The highest BCUT2D eigenvalue weighted by Gasteiger charge is 2.30. The smallest absolute Gasteiger partial charge is 0.0203 e. The summed E-state index contributed by atoms with van der Waals surface area (Å²) >= 11 is 0. The van der Waals surface area contributed by atoms with Crippen molar-refractivity contribution < 1.29 is 0 Å². The molecule has 2 rings (SSSR count). The molecule has 2 aliphatic rings. The molecule has 0 aromatic rings. The van der Waals surface area contributed by atoms with Crippen LogP contribution in [0.4, 0.5) is 0 Å². The van der Waals surface area contributed by atoms with Gasteiger partial charge in [-0.1, -0.05) is 76.0 Å². The zero-order chi connectivity index (χ0) is 17.9. The molecule has 2 saturated carbocycles. The van der Waals surface area contributed by atoms with Crippen LogP contribution < -0.4 is 0 Å². The lowest BCUT2D eigenvalue weighted by molar-refractivity contribution is 0.158. The normalized spacial score (nSPS) is 31.9. The van der Waals surface area contributed by atoms with Crippen LogP contribution in [-0.2, 0) is 0 Å². The van der Waals surface area contributed by atoms with E-state index in [1.807, 2.05) is 6.08 Å². The first-order chi connectivity index (χ1) is 11.5. The molecule has 2 aliphatic carbocycles. The fraction of sp³-hybridized carbons (Fsp3) is 0.750. The highest BCUT2D eigenvalue weighted by Crippen LogP contribution is 2.42. The largest absolute Gasteiger partial charge is 0.0988 e. The lowest BCUT2D eigenvalue weighted by Crippen LogP contribution is -2.25. The van der Waals surface area contributed by atoms with Gasteiger partial charge in [0.15, 0.2) is 0 Å². The number of hydrogen-bond acceptors (Lipinski definition) is 0. The van der Waals surface area contributed by atoms with Crippen molar-refractivity contribution in [2.45, 2.75) is 92.4 Å². The second-order valence-electron chi connectivity index (χ2n) is 8.36. The van der Waals surface area contributed by atoms with E-state index in [9.17, 15) is 0 Å². The van der Waals surface area contributed by atoms with Crippen molar-refractivity contribution in [1.82, 2.24) is 0 Å². The average molecular weight is 331 g/mol. The SMILES string of the molecule is C=C/C(C)=C\C=C(/C)C1CCC(C2CCC(C)CC2)CC1.CCC. The third-order valence-electron chi connectivity index (χ3n) is 6.07. The third kappa shape index (κ3) is 7.41. The molecule has 2 fully saturated rings. The highest BCUT2D eigenvalue weighted by atomic mass is 14.4. The summed E-state index contributed by atoms with van der Waals surface area (Å²) in [6, 6.07) is 0. The molecule has 138 valence electrons. The molecule has 0 spiro atoms. The summed E-state index contributed by atoms with van der Waals surface area (Å²) in [4.78, 5) is 0. The van der Waals surface area contributed by atoms with Crippen LogP contribution in [0.5, 0.6) is 0 Å². The van der Waals surface area contributed by atoms with Gasteiger partial charge in [0.2, 0.25) is 0 Å². The molecule has 0 aromatic heterocycles. The van der Waals surface area contributed by atoms with Crippen LogP contribution in [0, 0.1) is 23.7 Å². The van der Waals surface area contributed by atoms with Crippen LogP contribution in [0.3, 0.4) is 0 Å². The molecule has 0 unspecified atom stereocenters. The van der Waals surface area contributed by atoms with Gasteiger partial charge in [0, 0.05) is 0 Å². The molecular weight excluding hydrogens is 288 g/mol. The van der Waals surface area contributed by atoms with Crippen LogP contribution in [0.25, 0.3) is 0 Å². The molecule has 0 radical (unpaired) electrons. The lowest BCUT2D eigenvalue weighted by atomic mass is 9.68. The summed E-state index contributed by atoms with van der Waals surface area (Å²) in [5.41, 5.74) is 2.84. The maximum atomic E-state index is 3.82. The second kappa shape index (κ2) is 11.7. The Kier molecular flexibility index (Phi) is 10.4. The van der Waals surface area contributed by atoms with Gasteiger partial charge in [-0.3, -0.25) is 0 Å². The van der Waals surface area contributed by atoms with Gasteiger partial charge in [-0.15, -0.1) is 0 Å². The average Bonchev–Trinajstić information content (AvgIpc) is 2.61. The zero-order valence-corrected chi connectivity index (χ0v) is 17.1. The van der Waals surface area contributed by atoms with Crippen molar-refractivity contribution in [3.05, 3.63) is 36.0 Å². The first-order valence-electron chi connectivity index (χ1n) is 10.5. The fourth-order valence-corrected chi connectivity index (χ4v) is 4.27. The first kappa shape index (κ1) is 21.3. The summed E-state index contributed by atoms with van der Waals surface area (Å²) in [7, 11) is 0. The Morgan fingerprint density at radius 1 is 0.833 bits per heavy atom. The molecule has 0 bridgehead atoms. The van der Waals surface area contributed by atoms with Gasteiger partial charge in [0.1, 0.15) is 0 Å². The quantitative estimate of drug-likeness (QED) is 0.456. The number of rotatable bonds is 4. The Labute approximate surface area is 152 Å². The van der Waals surface area contributed by atoms with Gasteiger partial charge in [-0.25, -0.2) is 0 Å². The van der Waals surface area contributed by atoms with Gasteiger partial charge < -0.3 is 0 Å². The summed E-state index contributed by atoms with van der Waals surface area (Å²) < 4.78 is 0. The maximum Gasteiger partial charge on any atom is -0.0203 e. The van der Waals surface area contributed by atoms with Crippen molar-refractivity contribution in [3.8, 4) is 0 Å². The Balaban J connectivity index is 0.000000891. The minimum Gasteiger partial charge on any atom is -0.0988 e. The molecule has 0 atom stereocenters. The van der Waals surface area contributed by atoms with E-state index in [0.29, 0.717) is 0 Å². The van der Waals surface area contributed by atoms with Crippen LogP contribution in [0.2, 0.25) is 0 Å². The van der Waals surface area contributed by atoms with Crippen LogP contribution in [0.1, 0.15) is 92.4 Å². The Bertz CT molecular complexity index is 396. The predicted octanol–water partition coefficient (Wildman–Crippen LogP) is 8.11. The highest BCUT2D eigenvalue weighted by molar-refractivity contribution is 5.23. The van der Waals surface area contributed by atoms with E-state index < -0.39 is 0 Å². The summed E-state index contributed by atoms with van der Waals surface area (Å²) in [6.45, 7) is 14.9. The van der Waals surface area contributed by atoms with Crippen LogP contribution >= 0.6 is 0 Å². The van der Waals surface area contributed by atoms with E-state index in [1.54, 1.807) is 5.57 Å². The summed E-state index contributed by atoms with van der Waals surface area (Å²) in [5.74, 6) is 3.90. The first-order valence-corrected chi connectivity index (χ1v) is 10.5. The summed E-state index contributed by atoms with van der Waals surface area (Å²) in [6.07, 6.45) is 19.5. The molecular formula is C24H42.